The summed E-state index contributed by atoms with van der Waals surface area (Å²) in [4.78, 5) is 24.7. The zero-order valence-corrected chi connectivity index (χ0v) is 26.7. The van der Waals surface area contributed by atoms with Crippen molar-refractivity contribution in [2.24, 2.45) is 0 Å². The van der Waals surface area contributed by atoms with Crippen LogP contribution in [0.2, 0.25) is 0 Å². The summed E-state index contributed by atoms with van der Waals surface area (Å²) in [5, 5.41) is 0. The number of unbranched alkanes of at least 4 members (excludes halogenated alkanes) is 10. The van der Waals surface area contributed by atoms with Crippen LogP contribution in [0.25, 0.3) is 22.3 Å². The lowest BCUT2D eigenvalue weighted by molar-refractivity contribution is -0.206. The molecule has 0 fully saturated rings. The number of carbonyl (C=O) groups excluding carboxylic acids is 2. The number of benzene rings is 3. The van der Waals surface area contributed by atoms with E-state index in [1.54, 1.807) is 24.3 Å². The molecule has 0 amide bonds. The van der Waals surface area contributed by atoms with E-state index >= 15 is 0 Å². The second-order valence-corrected chi connectivity index (χ2v) is 11.7. The molecule has 244 valence electrons. The molecule has 0 saturated carbocycles. The maximum Gasteiger partial charge on any atom is 0.425 e. The molecule has 1 atom stereocenters. The summed E-state index contributed by atoms with van der Waals surface area (Å²) in [6.45, 7) is 4.20. The molecule has 0 bridgehead atoms. The van der Waals surface area contributed by atoms with Gasteiger partial charge in [-0.05, 0) is 65.8 Å². The normalized spacial score (nSPS) is 12.1. The molecule has 4 nitrogen and oxygen atoms in total. The highest BCUT2D eigenvalue weighted by Crippen LogP contribution is 2.30. The molecular weight excluding hydrogens is 577 g/mol. The Kier molecular flexibility index (Phi) is 15.2. The van der Waals surface area contributed by atoms with Crippen LogP contribution in [0.1, 0.15) is 114 Å². The van der Waals surface area contributed by atoms with Gasteiger partial charge in [0.1, 0.15) is 5.75 Å². The Bertz CT molecular complexity index is 1280. The minimum atomic E-state index is -4.60. The van der Waals surface area contributed by atoms with Crippen LogP contribution >= 0.6 is 0 Å². The second-order valence-electron chi connectivity index (χ2n) is 11.7. The van der Waals surface area contributed by atoms with E-state index in [9.17, 15) is 22.8 Å². The molecular formula is C38H47F3O4. The highest BCUT2D eigenvalue weighted by Gasteiger charge is 2.42. The van der Waals surface area contributed by atoms with Gasteiger partial charge in [0.15, 0.2) is 6.10 Å². The summed E-state index contributed by atoms with van der Waals surface area (Å²) in [5.41, 5.74) is 3.75. The maximum atomic E-state index is 13.4. The van der Waals surface area contributed by atoms with Crippen molar-refractivity contribution in [3.05, 3.63) is 78.4 Å². The van der Waals surface area contributed by atoms with Crippen molar-refractivity contribution in [1.82, 2.24) is 0 Å². The molecule has 0 aliphatic carbocycles. The van der Waals surface area contributed by atoms with Gasteiger partial charge in [-0.2, -0.15) is 13.2 Å². The summed E-state index contributed by atoms with van der Waals surface area (Å²) in [6.07, 6.45) is 5.70. The Morgan fingerprint density at radius 3 is 1.51 bits per heavy atom. The molecule has 0 radical (unpaired) electrons. The molecule has 3 aromatic rings. The van der Waals surface area contributed by atoms with Gasteiger partial charge in [0.2, 0.25) is 0 Å². The van der Waals surface area contributed by atoms with Crippen LogP contribution in [0.4, 0.5) is 13.2 Å². The third-order valence-electron chi connectivity index (χ3n) is 7.93. The van der Waals surface area contributed by atoms with Gasteiger partial charge in [-0.1, -0.05) is 127 Å². The summed E-state index contributed by atoms with van der Waals surface area (Å²) in [5.74, 6) is -0.659. The fraction of sp³-hybridized carbons (Fsp3) is 0.474. The highest BCUT2D eigenvalue weighted by molar-refractivity contribution is 5.90. The third-order valence-corrected chi connectivity index (χ3v) is 7.93. The van der Waals surface area contributed by atoms with Crippen molar-refractivity contribution in [3.8, 4) is 28.0 Å². The summed E-state index contributed by atoms with van der Waals surface area (Å²) in [7, 11) is 0. The molecule has 0 aromatic heterocycles. The summed E-state index contributed by atoms with van der Waals surface area (Å²) >= 11 is 0. The van der Waals surface area contributed by atoms with Gasteiger partial charge in [-0.25, -0.2) is 4.79 Å². The lowest BCUT2D eigenvalue weighted by atomic mass is 9.99. The number of halogens is 3. The molecule has 0 spiro atoms. The van der Waals surface area contributed by atoms with Gasteiger partial charge in [0, 0.05) is 6.42 Å². The number of hydrogen-bond donors (Lipinski definition) is 0. The number of ether oxygens (including phenoxy) is 2. The largest absolute Gasteiger partial charge is 0.449 e. The Labute approximate surface area is 266 Å². The first-order valence-corrected chi connectivity index (χ1v) is 16.5. The van der Waals surface area contributed by atoms with Crippen LogP contribution < -0.4 is 4.74 Å². The van der Waals surface area contributed by atoms with E-state index in [0.29, 0.717) is 25.0 Å². The zero-order valence-electron chi connectivity index (χ0n) is 26.7. The van der Waals surface area contributed by atoms with Crippen LogP contribution in [-0.4, -0.2) is 24.2 Å². The molecule has 0 saturated heterocycles. The van der Waals surface area contributed by atoms with Crippen LogP contribution in [0.3, 0.4) is 0 Å². The van der Waals surface area contributed by atoms with Crippen molar-refractivity contribution in [1.29, 1.82) is 0 Å². The van der Waals surface area contributed by atoms with E-state index in [2.05, 4.69) is 6.92 Å². The Morgan fingerprint density at radius 1 is 0.600 bits per heavy atom. The molecule has 0 aliphatic heterocycles. The fourth-order valence-electron chi connectivity index (χ4n) is 5.20. The van der Waals surface area contributed by atoms with Gasteiger partial charge in [0.25, 0.3) is 0 Å². The lowest BCUT2D eigenvalue weighted by Crippen LogP contribution is -2.33. The van der Waals surface area contributed by atoms with E-state index in [0.717, 1.165) is 54.4 Å². The van der Waals surface area contributed by atoms with Crippen LogP contribution in [0.15, 0.2) is 72.8 Å². The number of carbonyl (C=O) groups is 2. The lowest BCUT2D eigenvalue weighted by Gasteiger charge is -2.20. The predicted octanol–water partition coefficient (Wildman–Crippen LogP) is 11.5. The SMILES string of the molecule is CCCCCCCCCCC(=O)Oc1ccc(-c2ccc(-c3ccc(C(=O)OC(CCCCCC)C(F)(F)F)cc3)cc2)cc1. The molecule has 0 aliphatic rings. The highest BCUT2D eigenvalue weighted by atomic mass is 19.4. The number of esters is 2. The van der Waals surface area contributed by atoms with Crippen molar-refractivity contribution in [3.63, 3.8) is 0 Å². The molecule has 7 heteroatoms. The van der Waals surface area contributed by atoms with Crippen LogP contribution in [-0.2, 0) is 9.53 Å². The number of alkyl halides is 3. The molecule has 3 aromatic carbocycles. The average molecular weight is 625 g/mol. The monoisotopic (exact) mass is 624 g/mol. The first kappa shape index (κ1) is 35.9. The quantitative estimate of drug-likeness (QED) is 0.0756. The summed E-state index contributed by atoms with van der Waals surface area (Å²) < 4.78 is 50.6. The number of rotatable bonds is 19. The average Bonchev–Trinajstić information content (AvgIpc) is 3.03. The molecule has 1 unspecified atom stereocenters. The van der Waals surface area contributed by atoms with Gasteiger partial charge in [0.05, 0.1) is 5.56 Å². The Hall–Kier alpha value is -3.61. The minimum absolute atomic E-state index is 0.0803. The van der Waals surface area contributed by atoms with E-state index in [1.807, 2.05) is 43.3 Å². The third kappa shape index (κ3) is 12.7. The van der Waals surface area contributed by atoms with Crippen LogP contribution in [0.5, 0.6) is 5.75 Å². The Balaban J connectivity index is 1.49. The zero-order chi connectivity index (χ0) is 32.5. The second kappa shape index (κ2) is 19.0. The maximum absolute atomic E-state index is 13.4. The fourth-order valence-corrected chi connectivity index (χ4v) is 5.20. The van der Waals surface area contributed by atoms with Crippen molar-refractivity contribution in [2.45, 2.75) is 116 Å². The van der Waals surface area contributed by atoms with Gasteiger partial charge >= 0.3 is 18.1 Å². The van der Waals surface area contributed by atoms with Gasteiger partial charge < -0.3 is 9.47 Å². The van der Waals surface area contributed by atoms with E-state index < -0.39 is 18.2 Å². The number of hydrogen-bond acceptors (Lipinski definition) is 4. The van der Waals surface area contributed by atoms with Gasteiger partial charge in [-0.15, -0.1) is 0 Å². The molecule has 0 heterocycles. The molecule has 45 heavy (non-hydrogen) atoms. The van der Waals surface area contributed by atoms with Crippen LogP contribution in [0, 0.1) is 0 Å². The standard InChI is InChI=1S/C38H47F3O4/c1-3-5-7-9-10-11-12-14-16-36(42)44-34-27-25-32(26-28-34)30-19-17-29(18-20-30)31-21-23-33(24-22-31)37(43)45-35(38(39,40)41)15-13-8-6-4-2/h17-28,35H,3-16H2,1-2H3. The molecule has 3 rings (SSSR count). The Morgan fingerprint density at radius 2 is 1.02 bits per heavy atom. The topological polar surface area (TPSA) is 52.6 Å². The first-order valence-electron chi connectivity index (χ1n) is 16.5. The van der Waals surface area contributed by atoms with Crippen molar-refractivity contribution in [2.75, 3.05) is 0 Å². The van der Waals surface area contributed by atoms with E-state index in [-0.39, 0.29) is 18.0 Å². The predicted molar refractivity (Wildman–Crippen MR) is 174 cm³/mol. The van der Waals surface area contributed by atoms with Gasteiger partial charge in [-0.3, -0.25) is 4.79 Å². The smallest absolute Gasteiger partial charge is 0.425 e. The van der Waals surface area contributed by atoms with Crippen molar-refractivity contribution >= 4 is 11.9 Å². The first-order chi connectivity index (χ1) is 21.7. The van der Waals surface area contributed by atoms with Crippen molar-refractivity contribution < 1.29 is 32.2 Å². The van der Waals surface area contributed by atoms with E-state index in [4.69, 9.17) is 9.47 Å². The minimum Gasteiger partial charge on any atom is -0.449 e. The summed E-state index contributed by atoms with van der Waals surface area (Å²) in [6, 6.07) is 21.6. The molecule has 0 N–H and O–H groups in total. The van der Waals surface area contributed by atoms with E-state index in [1.165, 1.54) is 44.2 Å².